The second-order valence-corrected chi connectivity index (χ2v) is 5.88. The molecule has 1 nitrogen and oxygen atoms in total. The van der Waals surface area contributed by atoms with Crippen LogP contribution < -0.4 is 5.32 Å². The Morgan fingerprint density at radius 2 is 1.86 bits per heavy atom. The molecule has 3 atom stereocenters. The molecule has 2 aromatic carbocycles. The molecule has 2 aliphatic rings. The van der Waals surface area contributed by atoms with Gasteiger partial charge in [0.15, 0.2) is 0 Å². The molecule has 0 saturated heterocycles. The fourth-order valence-corrected chi connectivity index (χ4v) is 3.65. The summed E-state index contributed by atoms with van der Waals surface area (Å²) < 4.78 is 41.2. The Kier molecular flexibility index (Phi) is 2.99. The molecule has 0 radical (unpaired) electrons. The van der Waals surface area contributed by atoms with Crippen LogP contribution in [-0.2, 0) is 0 Å². The quantitative estimate of drug-likeness (QED) is 0.736. The summed E-state index contributed by atoms with van der Waals surface area (Å²) in [6.07, 6.45) is 4.83. The smallest absolute Gasteiger partial charge is 0.149 e. The van der Waals surface area contributed by atoms with Crippen molar-refractivity contribution in [2.24, 2.45) is 5.92 Å². The molecule has 1 aliphatic heterocycles. The second-order valence-electron chi connectivity index (χ2n) is 5.88. The van der Waals surface area contributed by atoms with Gasteiger partial charge in [-0.3, -0.25) is 0 Å². The molecule has 1 aliphatic carbocycles. The van der Waals surface area contributed by atoms with Gasteiger partial charge < -0.3 is 5.32 Å². The average molecular weight is 301 g/mol. The van der Waals surface area contributed by atoms with Crippen LogP contribution in [0.25, 0.3) is 0 Å². The van der Waals surface area contributed by atoms with Crippen molar-refractivity contribution in [1.29, 1.82) is 0 Å². The average Bonchev–Trinajstić information content (AvgIpc) is 2.96. The molecule has 22 heavy (non-hydrogen) atoms. The number of fused-ring (bicyclic) bond motifs is 3. The van der Waals surface area contributed by atoms with E-state index >= 15 is 0 Å². The first-order chi connectivity index (χ1) is 10.6. The van der Waals surface area contributed by atoms with Crippen LogP contribution in [0.2, 0.25) is 0 Å². The van der Waals surface area contributed by atoms with Gasteiger partial charge in [-0.1, -0.05) is 24.3 Å². The molecule has 112 valence electrons. The zero-order valence-electron chi connectivity index (χ0n) is 11.7. The third-order valence-electron chi connectivity index (χ3n) is 4.59. The van der Waals surface area contributed by atoms with E-state index in [0.717, 1.165) is 18.1 Å². The van der Waals surface area contributed by atoms with Crippen LogP contribution in [-0.4, -0.2) is 0 Å². The molecule has 1 heterocycles. The van der Waals surface area contributed by atoms with Crippen molar-refractivity contribution in [2.75, 3.05) is 5.32 Å². The Hall–Kier alpha value is -2.23. The van der Waals surface area contributed by atoms with E-state index in [4.69, 9.17) is 0 Å². The fraction of sp³-hybridized carbons (Fsp3) is 0.222. The number of anilines is 1. The summed E-state index contributed by atoms with van der Waals surface area (Å²) in [5.41, 5.74) is 1.75. The van der Waals surface area contributed by atoms with Gasteiger partial charge in [0, 0.05) is 12.0 Å². The lowest BCUT2D eigenvalue weighted by molar-refractivity contribution is 0.417. The lowest BCUT2D eigenvalue weighted by Crippen LogP contribution is -2.30. The van der Waals surface area contributed by atoms with Crippen molar-refractivity contribution in [3.63, 3.8) is 0 Å². The zero-order valence-corrected chi connectivity index (χ0v) is 11.7. The Labute approximate surface area is 126 Å². The van der Waals surface area contributed by atoms with E-state index in [9.17, 15) is 13.2 Å². The lowest BCUT2D eigenvalue weighted by Gasteiger charge is -2.37. The van der Waals surface area contributed by atoms with E-state index in [-0.39, 0.29) is 23.7 Å². The van der Waals surface area contributed by atoms with E-state index < -0.39 is 11.6 Å². The molecule has 1 N–H and O–H groups in total. The summed E-state index contributed by atoms with van der Waals surface area (Å²) in [4.78, 5) is 0. The van der Waals surface area contributed by atoms with Gasteiger partial charge in [0.2, 0.25) is 0 Å². The van der Waals surface area contributed by atoms with Crippen LogP contribution in [0.3, 0.4) is 0 Å². The summed E-state index contributed by atoms with van der Waals surface area (Å²) in [7, 11) is 0. The molecule has 0 saturated carbocycles. The number of nitrogens with one attached hydrogen (secondary N) is 1. The highest BCUT2D eigenvalue weighted by Gasteiger charge is 2.39. The van der Waals surface area contributed by atoms with Gasteiger partial charge in [-0.2, -0.15) is 0 Å². The van der Waals surface area contributed by atoms with Crippen molar-refractivity contribution in [1.82, 2.24) is 0 Å². The minimum atomic E-state index is -0.602. The molecule has 4 heteroatoms. The Bertz CT molecular complexity index is 769. The number of hydrogen-bond donors (Lipinski definition) is 1. The van der Waals surface area contributed by atoms with Gasteiger partial charge in [0.05, 0.1) is 11.7 Å². The molecule has 0 amide bonds. The van der Waals surface area contributed by atoms with Crippen LogP contribution >= 0.6 is 0 Å². The maximum atomic E-state index is 14.2. The molecule has 0 aromatic heterocycles. The topological polar surface area (TPSA) is 12.0 Å². The maximum Gasteiger partial charge on any atom is 0.149 e. The number of allylic oxidation sites excluding steroid dienone is 2. The van der Waals surface area contributed by atoms with Crippen LogP contribution in [0.1, 0.15) is 29.5 Å². The largest absolute Gasteiger partial charge is 0.375 e. The van der Waals surface area contributed by atoms with Crippen molar-refractivity contribution in [3.05, 3.63) is 77.1 Å². The summed E-state index contributed by atoms with van der Waals surface area (Å²) in [5, 5.41) is 3.16. The zero-order chi connectivity index (χ0) is 15.3. The standard InChI is InChI=1S/C18H14F3N/c19-11-4-1-3-10(7-11)17-14-6-2-5-13(14)15-8-12(20)9-16(21)18(15)22-17/h1-5,7-9,13-14,17,22H,6H2/t13-,14-,17-/m0/s1. The van der Waals surface area contributed by atoms with Gasteiger partial charge in [0.1, 0.15) is 17.5 Å². The van der Waals surface area contributed by atoms with Crippen LogP contribution in [0.5, 0.6) is 0 Å². The normalized spacial score (nSPS) is 25.5. The van der Waals surface area contributed by atoms with Crippen molar-refractivity contribution >= 4 is 5.69 Å². The van der Waals surface area contributed by atoms with E-state index in [2.05, 4.69) is 5.32 Å². The van der Waals surface area contributed by atoms with E-state index in [1.54, 1.807) is 6.07 Å². The number of benzene rings is 2. The Balaban J connectivity index is 1.84. The highest BCUT2D eigenvalue weighted by atomic mass is 19.1. The van der Waals surface area contributed by atoms with Crippen LogP contribution in [0.15, 0.2) is 48.6 Å². The Morgan fingerprint density at radius 3 is 2.68 bits per heavy atom. The van der Waals surface area contributed by atoms with E-state index in [1.165, 1.54) is 18.2 Å². The van der Waals surface area contributed by atoms with E-state index in [0.29, 0.717) is 11.3 Å². The molecular formula is C18H14F3N. The number of rotatable bonds is 1. The van der Waals surface area contributed by atoms with Crippen molar-refractivity contribution < 1.29 is 13.2 Å². The second kappa shape index (κ2) is 4.90. The fourth-order valence-electron chi connectivity index (χ4n) is 3.65. The Morgan fingerprint density at radius 1 is 1.00 bits per heavy atom. The molecule has 0 unspecified atom stereocenters. The van der Waals surface area contributed by atoms with Gasteiger partial charge in [-0.05, 0) is 41.7 Å². The number of hydrogen-bond acceptors (Lipinski definition) is 1. The highest BCUT2D eigenvalue weighted by molar-refractivity contribution is 5.60. The molecular weight excluding hydrogens is 287 g/mol. The van der Waals surface area contributed by atoms with Gasteiger partial charge in [-0.15, -0.1) is 0 Å². The predicted octanol–water partition coefficient (Wildman–Crippen LogP) is 4.93. The summed E-state index contributed by atoms with van der Waals surface area (Å²) in [5.74, 6) is -1.39. The molecule has 4 rings (SSSR count). The van der Waals surface area contributed by atoms with Gasteiger partial charge in [-0.25, -0.2) is 13.2 Å². The molecule has 2 aromatic rings. The molecule has 0 spiro atoms. The lowest BCUT2D eigenvalue weighted by atomic mass is 9.77. The maximum absolute atomic E-state index is 14.2. The van der Waals surface area contributed by atoms with E-state index in [1.807, 2.05) is 18.2 Å². The van der Waals surface area contributed by atoms with Crippen LogP contribution in [0, 0.1) is 23.4 Å². The predicted molar refractivity (Wildman–Crippen MR) is 79.1 cm³/mol. The van der Waals surface area contributed by atoms with Gasteiger partial charge in [0.25, 0.3) is 0 Å². The number of halogens is 3. The molecule has 0 bridgehead atoms. The third-order valence-corrected chi connectivity index (χ3v) is 4.59. The molecule has 0 fully saturated rings. The minimum absolute atomic E-state index is 0.0466. The summed E-state index contributed by atoms with van der Waals surface area (Å²) in [6, 6.07) is 8.43. The van der Waals surface area contributed by atoms with Crippen molar-refractivity contribution in [3.8, 4) is 0 Å². The summed E-state index contributed by atoms with van der Waals surface area (Å²) in [6.45, 7) is 0. The SMILES string of the molecule is Fc1cccc([C@@H]2Nc3c(F)cc(F)cc3[C@H]3C=CC[C@@H]32)c1. The first kappa shape index (κ1) is 13.4. The van der Waals surface area contributed by atoms with Crippen molar-refractivity contribution in [2.45, 2.75) is 18.4 Å². The summed E-state index contributed by atoms with van der Waals surface area (Å²) >= 11 is 0. The van der Waals surface area contributed by atoms with Gasteiger partial charge >= 0.3 is 0 Å². The first-order valence-corrected chi connectivity index (χ1v) is 7.31. The highest BCUT2D eigenvalue weighted by Crippen LogP contribution is 2.50. The van der Waals surface area contributed by atoms with Crippen LogP contribution in [0.4, 0.5) is 18.9 Å². The third kappa shape index (κ3) is 2.02. The minimum Gasteiger partial charge on any atom is -0.375 e. The monoisotopic (exact) mass is 301 g/mol. The first-order valence-electron chi connectivity index (χ1n) is 7.31.